The third-order valence-corrected chi connectivity index (χ3v) is 7.06. The van der Waals surface area contributed by atoms with Crippen LogP contribution in [0, 0.1) is 0 Å². The molecular weight excluding hydrogens is 392 g/mol. The van der Waals surface area contributed by atoms with Crippen LogP contribution in [0.5, 0.6) is 0 Å². The average Bonchev–Trinajstić information content (AvgIpc) is 3.21. The number of nitrogens with zero attached hydrogens (tertiary/aromatic N) is 2. The zero-order valence-corrected chi connectivity index (χ0v) is 17.4. The van der Waals surface area contributed by atoms with Gasteiger partial charge in [0.05, 0.1) is 11.4 Å². The Kier molecular flexibility index (Phi) is 6.28. The summed E-state index contributed by atoms with van der Waals surface area (Å²) in [5.74, 6) is -0.0646. The molecule has 5 nitrogen and oxygen atoms in total. The predicted octanol–water partition coefficient (Wildman–Crippen LogP) is 3.84. The van der Waals surface area contributed by atoms with Gasteiger partial charge >= 0.3 is 0 Å². The molecule has 0 fully saturated rings. The van der Waals surface area contributed by atoms with Crippen molar-refractivity contribution in [1.82, 2.24) is 9.21 Å². The summed E-state index contributed by atoms with van der Waals surface area (Å²) >= 11 is 1.62. The van der Waals surface area contributed by atoms with Crippen LogP contribution in [0.4, 0.5) is 0 Å². The van der Waals surface area contributed by atoms with Crippen molar-refractivity contribution in [2.45, 2.75) is 18.0 Å². The zero-order chi connectivity index (χ0) is 20.1. The minimum atomic E-state index is -3.55. The van der Waals surface area contributed by atoms with Crippen LogP contribution in [0.15, 0.2) is 77.0 Å². The minimum Gasteiger partial charge on any atom is -0.337 e. The van der Waals surface area contributed by atoms with Crippen LogP contribution in [0.3, 0.4) is 0 Å². The summed E-state index contributed by atoms with van der Waals surface area (Å²) < 4.78 is 26.5. The highest BCUT2D eigenvalue weighted by Gasteiger charge is 2.20. The molecule has 1 amide bonds. The van der Waals surface area contributed by atoms with Crippen molar-refractivity contribution in [1.29, 1.82) is 0 Å². The second-order valence-corrected chi connectivity index (χ2v) is 9.59. The number of hydrogen-bond acceptors (Lipinski definition) is 4. The molecule has 28 heavy (non-hydrogen) atoms. The van der Waals surface area contributed by atoms with E-state index in [0.29, 0.717) is 12.1 Å². The van der Waals surface area contributed by atoms with Crippen LogP contribution in [0.1, 0.15) is 20.8 Å². The minimum absolute atomic E-state index is 0.0646. The Morgan fingerprint density at radius 2 is 1.57 bits per heavy atom. The molecule has 1 aromatic heterocycles. The maximum absolute atomic E-state index is 12.6. The van der Waals surface area contributed by atoms with Crippen LogP contribution < -0.4 is 0 Å². The second kappa shape index (κ2) is 8.68. The van der Waals surface area contributed by atoms with Crippen molar-refractivity contribution >= 4 is 27.3 Å². The van der Waals surface area contributed by atoms with Crippen LogP contribution in [-0.2, 0) is 23.1 Å². The van der Waals surface area contributed by atoms with Crippen molar-refractivity contribution in [3.05, 3.63) is 88.1 Å². The molecule has 146 valence electrons. The monoisotopic (exact) mass is 414 g/mol. The molecule has 3 aromatic rings. The first-order valence-electron chi connectivity index (χ1n) is 8.76. The van der Waals surface area contributed by atoms with Gasteiger partial charge < -0.3 is 4.90 Å². The first kappa shape index (κ1) is 20.3. The van der Waals surface area contributed by atoms with Crippen LogP contribution in [0.2, 0.25) is 0 Å². The normalized spacial score (nSPS) is 11.5. The molecule has 0 unspecified atom stereocenters. The summed E-state index contributed by atoms with van der Waals surface area (Å²) in [6.07, 6.45) is 0. The third-order valence-electron chi connectivity index (χ3n) is 4.38. The Bertz CT molecular complexity index is 1020. The molecule has 0 aliphatic heterocycles. The Balaban J connectivity index is 1.66. The second-order valence-electron chi connectivity index (χ2n) is 6.51. The SMILES string of the molecule is CN(Cc1cccs1)C(=O)c1ccc(CN(C)S(=O)(=O)c2ccccc2)cc1. The summed E-state index contributed by atoms with van der Waals surface area (Å²) in [6, 6.07) is 19.4. The highest BCUT2D eigenvalue weighted by molar-refractivity contribution is 7.89. The van der Waals surface area contributed by atoms with E-state index >= 15 is 0 Å². The molecule has 2 aromatic carbocycles. The number of sulfonamides is 1. The van der Waals surface area contributed by atoms with Gasteiger partial charge in [-0.1, -0.05) is 36.4 Å². The first-order valence-corrected chi connectivity index (χ1v) is 11.1. The maximum Gasteiger partial charge on any atom is 0.253 e. The van der Waals surface area contributed by atoms with Crippen LogP contribution in [0.25, 0.3) is 0 Å². The molecule has 0 bridgehead atoms. The van der Waals surface area contributed by atoms with E-state index in [1.165, 1.54) is 4.31 Å². The molecule has 0 aliphatic carbocycles. The third kappa shape index (κ3) is 4.67. The highest BCUT2D eigenvalue weighted by atomic mass is 32.2. The van der Waals surface area contributed by atoms with E-state index in [2.05, 4.69) is 0 Å². The predicted molar refractivity (Wildman–Crippen MR) is 112 cm³/mol. The van der Waals surface area contributed by atoms with Crippen molar-refractivity contribution in [3.8, 4) is 0 Å². The maximum atomic E-state index is 12.6. The van der Waals surface area contributed by atoms with E-state index in [-0.39, 0.29) is 17.3 Å². The lowest BCUT2D eigenvalue weighted by atomic mass is 10.1. The Labute approximate surface area is 169 Å². The zero-order valence-electron chi connectivity index (χ0n) is 15.8. The Hall–Kier alpha value is -2.48. The molecular formula is C21H22N2O3S2. The largest absolute Gasteiger partial charge is 0.337 e. The molecule has 3 rings (SSSR count). The fraction of sp³-hybridized carbons (Fsp3) is 0.190. The van der Waals surface area contributed by atoms with E-state index in [0.717, 1.165) is 10.4 Å². The van der Waals surface area contributed by atoms with Crippen molar-refractivity contribution < 1.29 is 13.2 Å². The molecule has 0 radical (unpaired) electrons. The lowest BCUT2D eigenvalue weighted by molar-refractivity contribution is 0.0786. The van der Waals surface area contributed by atoms with Gasteiger partial charge in [0.2, 0.25) is 10.0 Å². The van der Waals surface area contributed by atoms with Crippen LogP contribution in [-0.4, -0.2) is 37.6 Å². The van der Waals surface area contributed by atoms with Gasteiger partial charge in [0, 0.05) is 31.1 Å². The molecule has 0 N–H and O–H groups in total. The topological polar surface area (TPSA) is 57.7 Å². The summed E-state index contributed by atoms with van der Waals surface area (Å²) in [4.78, 5) is 15.6. The molecule has 0 saturated carbocycles. The van der Waals surface area contributed by atoms with E-state index in [1.807, 2.05) is 17.5 Å². The van der Waals surface area contributed by atoms with E-state index < -0.39 is 10.0 Å². The lowest BCUT2D eigenvalue weighted by Gasteiger charge is -2.18. The molecule has 0 atom stereocenters. The van der Waals surface area contributed by atoms with Gasteiger partial charge in [-0.3, -0.25) is 4.79 Å². The van der Waals surface area contributed by atoms with Gasteiger partial charge in [-0.05, 0) is 41.3 Å². The van der Waals surface area contributed by atoms with E-state index in [9.17, 15) is 13.2 Å². The van der Waals surface area contributed by atoms with Crippen LogP contribution >= 0.6 is 11.3 Å². The smallest absolute Gasteiger partial charge is 0.253 e. The van der Waals surface area contributed by atoms with E-state index in [4.69, 9.17) is 0 Å². The van der Waals surface area contributed by atoms with Gasteiger partial charge in [0.1, 0.15) is 0 Å². The fourth-order valence-corrected chi connectivity index (χ4v) is 4.73. The average molecular weight is 415 g/mol. The van der Waals surface area contributed by atoms with E-state index in [1.54, 1.807) is 84.9 Å². The standard InChI is InChI=1S/C21H22N2O3S2/c1-22(16-19-7-6-14-27-19)21(24)18-12-10-17(11-13-18)15-23(2)28(25,26)20-8-4-3-5-9-20/h3-14H,15-16H2,1-2H3. The molecule has 1 heterocycles. The van der Waals surface area contributed by atoms with Gasteiger partial charge in [0.25, 0.3) is 5.91 Å². The number of benzene rings is 2. The van der Waals surface area contributed by atoms with Gasteiger partial charge in [-0.25, -0.2) is 8.42 Å². The summed E-state index contributed by atoms with van der Waals surface area (Å²) in [5.41, 5.74) is 1.40. The van der Waals surface area contributed by atoms with Gasteiger partial charge in [-0.2, -0.15) is 4.31 Å². The quantitative estimate of drug-likeness (QED) is 0.590. The summed E-state index contributed by atoms with van der Waals surface area (Å²) in [7, 11) is -0.221. The number of carbonyl (C=O) groups is 1. The Morgan fingerprint density at radius 3 is 2.18 bits per heavy atom. The van der Waals surface area contributed by atoms with Crippen molar-refractivity contribution in [2.24, 2.45) is 0 Å². The highest BCUT2D eigenvalue weighted by Crippen LogP contribution is 2.18. The van der Waals surface area contributed by atoms with Gasteiger partial charge in [0.15, 0.2) is 0 Å². The number of rotatable bonds is 7. The molecule has 0 saturated heterocycles. The number of carbonyl (C=O) groups excluding carboxylic acids is 1. The number of amides is 1. The molecule has 7 heteroatoms. The fourth-order valence-electron chi connectivity index (χ4n) is 2.80. The molecule has 0 spiro atoms. The Morgan fingerprint density at radius 1 is 0.893 bits per heavy atom. The summed E-state index contributed by atoms with van der Waals surface area (Å²) in [6.45, 7) is 0.799. The first-order chi connectivity index (χ1) is 13.4. The van der Waals surface area contributed by atoms with Gasteiger partial charge in [-0.15, -0.1) is 11.3 Å². The number of hydrogen-bond donors (Lipinski definition) is 0. The number of thiophene rings is 1. The van der Waals surface area contributed by atoms with Crippen molar-refractivity contribution in [3.63, 3.8) is 0 Å². The van der Waals surface area contributed by atoms with Crippen molar-refractivity contribution in [2.75, 3.05) is 14.1 Å². The molecule has 0 aliphatic rings. The summed E-state index contributed by atoms with van der Waals surface area (Å²) in [5, 5.41) is 1.99. The lowest BCUT2D eigenvalue weighted by Crippen LogP contribution is -2.27.